The number of rotatable bonds is 3. The zero-order chi connectivity index (χ0) is 10.4. The third-order valence-electron chi connectivity index (χ3n) is 1.20. The number of carbonyl (C=O) groups is 2. The molecule has 13 heavy (non-hydrogen) atoms. The number of hydrogen-bond donors (Lipinski definition) is 0. The largest absolute Gasteiger partial charge is 0.466 e. The van der Waals surface area contributed by atoms with Crippen LogP contribution in [0, 0.1) is 11.3 Å². The van der Waals surface area contributed by atoms with Crippen LogP contribution in [0.5, 0.6) is 0 Å². The molecule has 70 valence electrons. The average Bonchev–Trinajstić information content (AvgIpc) is 2.14. The molecule has 0 aliphatic carbocycles. The highest BCUT2D eigenvalue weighted by Crippen LogP contribution is 1.99. The summed E-state index contributed by atoms with van der Waals surface area (Å²) in [4.78, 5) is 21.6. The number of hydrogen-bond acceptors (Lipinski definition) is 5. The van der Waals surface area contributed by atoms with Crippen molar-refractivity contribution in [3.8, 4) is 6.07 Å². The van der Waals surface area contributed by atoms with Crippen LogP contribution < -0.4 is 0 Å². The summed E-state index contributed by atoms with van der Waals surface area (Å²) in [7, 11) is 1.17. The number of carbonyl (C=O) groups excluding carboxylic acids is 2. The first-order valence-corrected chi connectivity index (χ1v) is 3.40. The third kappa shape index (κ3) is 3.38. The predicted octanol–water partition coefficient (Wildman–Crippen LogP) is 0.171. The average molecular weight is 183 g/mol. The maximum atomic E-state index is 10.9. The molecule has 0 heterocycles. The summed E-state index contributed by atoms with van der Waals surface area (Å²) in [6.07, 6.45) is -1.03. The van der Waals surface area contributed by atoms with Crippen LogP contribution >= 0.6 is 0 Å². The van der Waals surface area contributed by atoms with Gasteiger partial charge >= 0.3 is 11.9 Å². The number of nitrogens with zero attached hydrogens (tertiary/aromatic N) is 1. The third-order valence-corrected chi connectivity index (χ3v) is 1.20. The lowest BCUT2D eigenvalue weighted by atomic mass is 10.3. The summed E-state index contributed by atoms with van der Waals surface area (Å²) < 4.78 is 8.82. The molecule has 0 saturated carbocycles. The van der Waals surface area contributed by atoms with Crippen LogP contribution in [-0.4, -0.2) is 25.2 Å². The van der Waals surface area contributed by atoms with Gasteiger partial charge in [0.15, 0.2) is 6.10 Å². The molecule has 0 aromatic rings. The Bertz CT molecular complexity index is 276. The fraction of sp³-hybridized carbons (Fsp3) is 0.375. The predicted molar refractivity (Wildman–Crippen MR) is 42.3 cm³/mol. The van der Waals surface area contributed by atoms with E-state index in [0.29, 0.717) is 0 Å². The van der Waals surface area contributed by atoms with Crippen molar-refractivity contribution >= 4 is 11.9 Å². The summed E-state index contributed by atoms with van der Waals surface area (Å²) in [5.41, 5.74) is -0.351. The Labute approximate surface area is 75.5 Å². The van der Waals surface area contributed by atoms with Crippen LogP contribution in [0.1, 0.15) is 6.92 Å². The van der Waals surface area contributed by atoms with E-state index in [1.165, 1.54) is 20.1 Å². The van der Waals surface area contributed by atoms with E-state index in [-0.39, 0.29) is 5.57 Å². The minimum atomic E-state index is -1.03. The molecule has 0 aromatic heterocycles. The second-order valence-electron chi connectivity index (χ2n) is 2.16. The molecule has 0 fully saturated rings. The molecular formula is C8H9NO4. The van der Waals surface area contributed by atoms with Crippen molar-refractivity contribution in [1.29, 1.82) is 5.26 Å². The van der Waals surface area contributed by atoms with Gasteiger partial charge in [-0.2, -0.15) is 5.26 Å². The van der Waals surface area contributed by atoms with E-state index in [9.17, 15) is 9.59 Å². The molecule has 0 spiro atoms. The molecule has 0 aliphatic rings. The monoisotopic (exact) mass is 183 g/mol. The van der Waals surface area contributed by atoms with Gasteiger partial charge in [-0.25, -0.2) is 9.59 Å². The molecule has 0 radical (unpaired) electrons. The second kappa shape index (κ2) is 4.93. The Morgan fingerprint density at radius 3 is 2.46 bits per heavy atom. The van der Waals surface area contributed by atoms with E-state index in [0.717, 1.165) is 0 Å². The lowest BCUT2D eigenvalue weighted by molar-refractivity contribution is -0.162. The Balaban J connectivity index is 4.16. The molecule has 0 N–H and O–H groups in total. The van der Waals surface area contributed by atoms with Crippen LogP contribution in [0.2, 0.25) is 0 Å². The van der Waals surface area contributed by atoms with E-state index in [4.69, 9.17) is 5.26 Å². The Morgan fingerprint density at radius 1 is 1.54 bits per heavy atom. The molecule has 1 unspecified atom stereocenters. The summed E-state index contributed by atoms with van der Waals surface area (Å²) >= 11 is 0. The summed E-state index contributed by atoms with van der Waals surface area (Å²) in [6.45, 7) is 4.47. The van der Waals surface area contributed by atoms with Gasteiger partial charge in [0.25, 0.3) is 0 Å². The van der Waals surface area contributed by atoms with Crippen molar-refractivity contribution in [2.45, 2.75) is 13.0 Å². The van der Waals surface area contributed by atoms with Crippen molar-refractivity contribution in [3.63, 3.8) is 0 Å². The quantitative estimate of drug-likeness (QED) is 0.354. The fourth-order valence-corrected chi connectivity index (χ4v) is 0.491. The second-order valence-corrected chi connectivity index (χ2v) is 2.16. The van der Waals surface area contributed by atoms with E-state index in [2.05, 4.69) is 16.1 Å². The van der Waals surface area contributed by atoms with Crippen molar-refractivity contribution in [3.05, 3.63) is 12.2 Å². The zero-order valence-corrected chi connectivity index (χ0v) is 7.36. The maximum absolute atomic E-state index is 10.9. The molecule has 0 amide bonds. The van der Waals surface area contributed by atoms with Crippen LogP contribution in [-0.2, 0) is 19.1 Å². The number of methoxy groups -OCH3 is 1. The molecule has 0 aromatic carbocycles. The lowest BCUT2D eigenvalue weighted by Crippen LogP contribution is -2.25. The number of esters is 2. The highest BCUT2D eigenvalue weighted by atomic mass is 16.6. The van der Waals surface area contributed by atoms with Gasteiger partial charge in [-0.3, -0.25) is 0 Å². The van der Waals surface area contributed by atoms with Gasteiger partial charge in [-0.1, -0.05) is 6.58 Å². The van der Waals surface area contributed by atoms with Gasteiger partial charge < -0.3 is 9.47 Å². The van der Waals surface area contributed by atoms with Crippen molar-refractivity contribution in [1.82, 2.24) is 0 Å². The van der Waals surface area contributed by atoms with Gasteiger partial charge in [0, 0.05) is 0 Å². The van der Waals surface area contributed by atoms with Gasteiger partial charge in [-0.05, 0) is 6.92 Å². The zero-order valence-electron chi connectivity index (χ0n) is 7.36. The topological polar surface area (TPSA) is 76.4 Å². The highest BCUT2D eigenvalue weighted by Gasteiger charge is 2.19. The van der Waals surface area contributed by atoms with Gasteiger partial charge in [-0.15, -0.1) is 0 Å². The first-order valence-electron chi connectivity index (χ1n) is 3.40. The van der Waals surface area contributed by atoms with E-state index < -0.39 is 18.0 Å². The molecule has 1 atom stereocenters. The summed E-state index contributed by atoms with van der Waals surface area (Å²) in [5, 5.41) is 8.25. The van der Waals surface area contributed by atoms with Gasteiger partial charge in [0.05, 0.1) is 7.11 Å². The number of nitriles is 1. The number of ether oxygens (including phenoxy) is 2. The molecule has 5 nitrogen and oxygen atoms in total. The standard InChI is InChI=1S/C8H9NO4/c1-5(4-9)7(10)13-6(2)8(11)12-3/h6H,1H2,2-3H3. The Kier molecular flexibility index (Phi) is 4.24. The first-order chi connectivity index (χ1) is 6.02. The molecule has 0 aliphatic heterocycles. The highest BCUT2D eigenvalue weighted by molar-refractivity contribution is 5.93. The van der Waals surface area contributed by atoms with Crippen LogP contribution in [0.25, 0.3) is 0 Å². The van der Waals surface area contributed by atoms with E-state index >= 15 is 0 Å². The lowest BCUT2D eigenvalue weighted by Gasteiger charge is -2.09. The van der Waals surface area contributed by atoms with E-state index in [1.54, 1.807) is 0 Å². The molecule has 5 heteroatoms. The first kappa shape index (κ1) is 11.2. The molecule has 0 bridgehead atoms. The van der Waals surface area contributed by atoms with Gasteiger partial charge in [0.2, 0.25) is 0 Å². The molecular weight excluding hydrogens is 174 g/mol. The molecule has 0 rings (SSSR count). The van der Waals surface area contributed by atoms with Crippen LogP contribution in [0.15, 0.2) is 12.2 Å². The van der Waals surface area contributed by atoms with Crippen LogP contribution in [0.4, 0.5) is 0 Å². The minimum Gasteiger partial charge on any atom is -0.466 e. The Morgan fingerprint density at radius 2 is 2.08 bits per heavy atom. The fourth-order valence-electron chi connectivity index (χ4n) is 0.491. The van der Waals surface area contributed by atoms with Crippen molar-refractivity contribution in [2.24, 2.45) is 0 Å². The SMILES string of the molecule is C=C(C#N)C(=O)OC(C)C(=O)OC. The molecule has 0 saturated heterocycles. The minimum absolute atomic E-state index is 0.351. The van der Waals surface area contributed by atoms with Gasteiger partial charge in [0.1, 0.15) is 11.6 Å². The van der Waals surface area contributed by atoms with Crippen LogP contribution in [0.3, 0.4) is 0 Å². The normalized spacial score (nSPS) is 10.8. The summed E-state index contributed by atoms with van der Waals surface area (Å²) in [6, 6.07) is 1.51. The maximum Gasteiger partial charge on any atom is 0.349 e. The smallest absolute Gasteiger partial charge is 0.349 e. The van der Waals surface area contributed by atoms with Crippen molar-refractivity contribution in [2.75, 3.05) is 7.11 Å². The van der Waals surface area contributed by atoms with Crippen molar-refractivity contribution < 1.29 is 19.1 Å². The summed E-state index contributed by atoms with van der Waals surface area (Å²) in [5.74, 6) is -1.60. The van der Waals surface area contributed by atoms with E-state index in [1.807, 2.05) is 0 Å². The Hall–Kier alpha value is -1.83.